The molecule has 4 aliphatic rings. The molecule has 262 valence electrons. The molecule has 8 heteroatoms. The molecular weight excluding hydrogens is 617 g/mol. The summed E-state index contributed by atoms with van der Waals surface area (Å²) in [5.41, 5.74) is 7.67. The Hall–Kier alpha value is -3.39. The molecule has 4 aliphatic carbocycles. The van der Waals surface area contributed by atoms with Gasteiger partial charge in [0, 0.05) is 31.3 Å². The van der Waals surface area contributed by atoms with Gasteiger partial charge in [0.05, 0.1) is 22.7 Å². The van der Waals surface area contributed by atoms with Gasteiger partial charge in [0.1, 0.15) is 11.6 Å². The molecule has 3 aromatic rings. The van der Waals surface area contributed by atoms with Crippen LogP contribution in [0.4, 0.5) is 4.39 Å². The molecule has 4 fully saturated rings. The van der Waals surface area contributed by atoms with Crippen molar-refractivity contribution in [3.63, 3.8) is 0 Å². The van der Waals surface area contributed by atoms with Crippen LogP contribution in [0.3, 0.4) is 0 Å². The van der Waals surface area contributed by atoms with Crippen molar-refractivity contribution in [2.45, 2.75) is 116 Å². The molecule has 1 aromatic heterocycles. The zero-order chi connectivity index (χ0) is 34.3. The van der Waals surface area contributed by atoms with E-state index in [9.17, 15) is 14.4 Å². The van der Waals surface area contributed by atoms with Crippen LogP contribution in [-0.2, 0) is 22.4 Å². The molecule has 7 nitrogen and oxygen atoms in total. The van der Waals surface area contributed by atoms with E-state index in [1.165, 1.54) is 38.2 Å². The number of hydrogen-bond acceptors (Lipinski definition) is 5. The maximum absolute atomic E-state index is 15.3. The number of ether oxygens (including phenoxy) is 1. The molecule has 0 saturated heterocycles. The lowest BCUT2D eigenvalue weighted by atomic mass is 9.45. The first kappa shape index (κ1) is 34.1. The summed E-state index contributed by atoms with van der Waals surface area (Å²) >= 11 is 0. The number of hydrogen-bond donors (Lipinski definition) is 2. The Balaban J connectivity index is 0.907. The van der Waals surface area contributed by atoms with Gasteiger partial charge in [-0.1, -0.05) is 51.0 Å². The molecule has 7 rings (SSSR count). The Labute approximate surface area is 289 Å². The first-order valence-corrected chi connectivity index (χ1v) is 18.8. The van der Waals surface area contributed by atoms with Gasteiger partial charge in [-0.2, -0.15) is 5.10 Å². The number of H-pyrrole nitrogens is 1. The summed E-state index contributed by atoms with van der Waals surface area (Å²) in [5, 5.41) is 8.08. The Morgan fingerprint density at radius 1 is 0.959 bits per heavy atom. The van der Waals surface area contributed by atoms with Crippen molar-refractivity contribution in [1.29, 1.82) is 0 Å². The van der Waals surface area contributed by atoms with Crippen molar-refractivity contribution in [2.24, 2.45) is 40.2 Å². The van der Waals surface area contributed by atoms with Crippen molar-refractivity contribution in [3.8, 4) is 0 Å². The van der Waals surface area contributed by atoms with Gasteiger partial charge >= 0.3 is 0 Å². The molecule has 0 unspecified atom stereocenters. The average molecular weight is 670 g/mol. The van der Waals surface area contributed by atoms with Gasteiger partial charge in [-0.15, -0.1) is 0 Å². The molecule has 0 bridgehead atoms. The minimum absolute atomic E-state index is 0.108. The number of nitrogens with one attached hydrogen (secondary N) is 1. The van der Waals surface area contributed by atoms with Crippen LogP contribution in [0.25, 0.3) is 10.8 Å². The highest BCUT2D eigenvalue weighted by Gasteiger charge is 2.60. The van der Waals surface area contributed by atoms with E-state index in [-0.39, 0.29) is 16.5 Å². The largest absolute Gasteiger partial charge is 0.378 e. The van der Waals surface area contributed by atoms with E-state index in [4.69, 9.17) is 10.5 Å². The summed E-state index contributed by atoms with van der Waals surface area (Å²) in [6.07, 6.45) is 15.1. The second-order valence-corrected chi connectivity index (χ2v) is 16.2. The maximum Gasteiger partial charge on any atom is 0.272 e. The fraction of sp³-hybridized carbons (Fsp3) is 0.610. The molecule has 3 N–H and O–H groups in total. The van der Waals surface area contributed by atoms with Crippen molar-refractivity contribution < 1.29 is 18.7 Å². The van der Waals surface area contributed by atoms with E-state index >= 15 is 4.39 Å². The number of amides is 1. The third kappa shape index (κ3) is 6.39. The molecule has 1 heterocycles. The molecule has 0 aliphatic heterocycles. The molecule has 49 heavy (non-hydrogen) atoms. The minimum Gasteiger partial charge on any atom is -0.378 e. The Morgan fingerprint density at radius 2 is 1.73 bits per heavy atom. The second kappa shape index (κ2) is 13.7. The van der Waals surface area contributed by atoms with Crippen LogP contribution in [0.2, 0.25) is 0 Å². The number of aryl methyl sites for hydroxylation is 1. The topological polar surface area (TPSA) is 115 Å². The highest BCUT2D eigenvalue weighted by atomic mass is 19.1. The van der Waals surface area contributed by atoms with Crippen LogP contribution in [0.5, 0.6) is 0 Å². The fourth-order valence-corrected chi connectivity index (χ4v) is 11.0. The summed E-state index contributed by atoms with van der Waals surface area (Å²) < 4.78 is 22.0. The summed E-state index contributed by atoms with van der Waals surface area (Å²) in [5.74, 6) is 2.03. The molecule has 0 spiro atoms. The van der Waals surface area contributed by atoms with Crippen molar-refractivity contribution in [1.82, 2.24) is 10.2 Å². The van der Waals surface area contributed by atoms with Gasteiger partial charge in [0.2, 0.25) is 0 Å². The molecule has 4 saturated carbocycles. The Bertz CT molecular complexity index is 1790. The second-order valence-electron chi connectivity index (χ2n) is 16.2. The summed E-state index contributed by atoms with van der Waals surface area (Å²) in [7, 11) is 0. The Morgan fingerprint density at radius 3 is 2.55 bits per heavy atom. The SMILES string of the molecule is C[C@@]12CCC(=O)C[C@H]1CC[C@H]1[C@H]2CC[C@]2(C)[C@@H]1CC[C@H]2OCCCCCCc1cc(Cc2n[nH]c(=O)c3ccccc23)cc(C(N)=O)c1F. The van der Waals surface area contributed by atoms with E-state index in [1.807, 2.05) is 12.1 Å². The van der Waals surface area contributed by atoms with Gasteiger partial charge in [-0.25, -0.2) is 9.49 Å². The summed E-state index contributed by atoms with van der Waals surface area (Å²) in [6, 6.07) is 10.6. The number of benzene rings is 2. The zero-order valence-corrected chi connectivity index (χ0v) is 29.2. The van der Waals surface area contributed by atoms with Crippen molar-refractivity contribution >= 4 is 22.5 Å². The lowest BCUT2D eigenvalue weighted by molar-refractivity contribution is -0.145. The molecule has 1 amide bonds. The van der Waals surface area contributed by atoms with Gasteiger partial charge < -0.3 is 10.5 Å². The van der Waals surface area contributed by atoms with Crippen molar-refractivity contribution in [2.75, 3.05) is 6.61 Å². The standard InChI is InChI=1S/C41H52FN3O4/c1-40-18-16-28(46)24-27(40)12-13-31-33-14-15-36(41(33,2)19-17-34(31)40)49-20-8-4-3-5-9-26-21-25(22-32(37(26)42)38(43)47)23-35-29-10-6-7-11-30(29)39(48)45-44-35/h6-7,10-11,21-22,27,31,33-34,36H,3-5,8-9,12-20,23-24H2,1-2H3,(H2,43,47)(H,45,48)/t27-,31-,33-,34-,36-,40-,41-/m1/s1. The van der Waals surface area contributed by atoms with Crippen LogP contribution >= 0.6 is 0 Å². The van der Waals surface area contributed by atoms with Gasteiger partial charge in [-0.05, 0) is 122 Å². The van der Waals surface area contributed by atoms with E-state index in [1.54, 1.807) is 18.2 Å². The molecule has 7 atom stereocenters. The van der Waals surface area contributed by atoms with Crippen molar-refractivity contribution in [3.05, 3.63) is 75.0 Å². The normalized spacial score (nSPS) is 30.9. The first-order valence-electron chi connectivity index (χ1n) is 18.8. The number of nitrogens with zero attached hydrogens (tertiary/aromatic N) is 1. The highest BCUT2D eigenvalue weighted by Crippen LogP contribution is 2.66. The lowest BCUT2D eigenvalue weighted by Crippen LogP contribution is -2.54. The number of Topliss-reactive ketones (excluding diaryl/α,β-unsaturated/α-hetero) is 1. The first-order chi connectivity index (χ1) is 23.6. The number of rotatable bonds is 11. The van der Waals surface area contributed by atoms with E-state index in [2.05, 4.69) is 24.0 Å². The van der Waals surface area contributed by atoms with E-state index in [0.717, 1.165) is 86.7 Å². The third-order valence-electron chi connectivity index (χ3n) is 13.7. The number of aromatic nitrogens is 2. The summed E-state index contributed by atoms with van der Waals surface area (Å²) in [4.78, 5) is 36.6. The molecular formula is C41H52FN3O4. The van der Waals surface area contributed by atoms with Gasteiger partial charge in [-0.3, -0.25) is 14.4 Å². The third-order valence-corrected chi connectivity index (χ3v) is 13.7. The number of carbonyl (C=O) groups excluding carboxylic acids is 2. The lowest BCUT2D eigenvalue weighted by Gasteiger charge is -2.60. The number of fused-ring (bicyclic) bond motifs is 6. The van der Waals surface area contributed by atoms with Crippen LogP contribution in [0.1, 0.15) is 124 Å². The quantitative estimate of drug-likeness (QED) is 0.202. The van der Waals surface area contributed by atoms with E-state index in [0.29, 0.717) is 52.7 Å². The smallest absolute Gasteiger partial charge is 0.272 e. The number of halogens is 1. The predicted molar refractivity (Wildman–Crippen MR) is 189 cm³/mol. The van der Waals surface area contributed by atoms with Crippen LogP contribution < -0.4 is 11.3 Å². The fourth-order valence-electron chi connectivity index (χ4n) is 11.0. The average Bonchev–Trinajstić information content (AvgIpc) is 3.43. The summed E-state index contributed by atoms with van der Waals surface area (Å²) in [6.45, 7) is 5.78. The predicted octanol–water partition coefficient (Wildman–Crippen LogP) is 7.85. The molecule has 0 radical (unpaired) electrons. The number of carbonyl (C=O) groups is 2. The maximum atomic E-state index is 15.3. The van der Waals surface area contributed by atoms with Crippen LogP contribution in [-0.4, -0.2) is 34.6 Å². The van der Waals surface area contributed by atoms with Gasteiger partial charge in [0.15, 0.2) is 0 Å². The van der Waals surface area contributed by atoms with E-state index < -0.39 is 11.7 Å². The number of primary amides is 1. The van der Waals surface area contributed by atoms with Crippen LogP contribution in [0, 0.1) is 40.3 Å². The number of nitrogens with two attached hydrogens (primary N) is 1. The number of aromatic amines is 1. The monoisotopic (exact) mass is 669 g/mol. The molecule has 2 aromatic carbocycles. The minimum atomic E-state index is -0.791. The van der Waals surface area contributed by atoms with Gasteiger partial charge in [0.25, 0.3) is 11.5 Å². The number of ketones is 1. The number of unbranched alkanes of at least 4 members (excludes halogenated alkanes) is 3. The highest BCUT2D eigenvalue weighted by molar-refractivity contribution is 5.93. The van der Waals surface area contributed by atoms with Crippen LogP contribution in [0.15, 0.2) is 41.2 Å². The Kier molecular flexibility index (Phi) is 9.55. The zero-order valence-electron chi connectivity index (χ0n) is 29.2.